The fraction of sp³-hybridized carbons (Fsp3) is 0.333. The number of amides is 4. The fourth-order valence-corrected chi connectivity index (χ4v) is 2.91. The van der Waals surface area contributed by atoms with Gasteiger partial charge in [-0.15, -0.1) is 0 Å². The molecule has 0 aliphatic carbocycles. The zero-order valence-electron chi connectivity index (χ0n) is 14.5. The van der Waals surface area contributed by atoms with Crippen LogP contribution in [0, 0.1) is 6.92 Å². The maximum Gasteiger partial charge on any atom is 0.325 e. The van der Waals surface area contributed by atoms with Crippen molar-refractivity contribution >= 4 is 17.8 Å². The molecule has 136 valence electrons. The first-order valence-electron chi connectivity index (χ1n) is 8.45. The minimum absolute atomic E-state index is 0.0614. The van der Waals surface area contributed by atoms with Gasteiger partial charge in [0, 0.05) is 18.9 Å². The first-order chi connectivity index (χ1) is 12.5. The van der Waals surface area contributed by atoms with Crippen LogP contribution >= 0.6 is 0 Å². The number of hydrogen-bond acceptors (Lipinski definition) is 4. The Bertz CT molecular complexity index is 786. The van der Waals surface area contributed by atoms with Crippen LogP contribution in [-0.2, 0) is 16.1 Å². The Morgan fingerprint density at radius 2 is 2.08 bits per heavy atom. The molecule has 0 spiro atoms. The van der Waals surface area contributed by atoms with Gasteiger partial charge in [-0.2, -0.15) is 0 Å². The Hall–Kier alpha value is -3.16. The van der Waals surface area contributed by atoms with Crippen molar-refractivity contribution in [3.05, 3.63) is 54.1 Å². The first-order valence-corrected chi connectivity index (χ1v) is 8.45. The van der Waals surface area contributed by atoms with Crippen LogP contribution < -0.4 is 10.6 Å². The normalized spacial score (nSPS) is 15.0. The second kappa shape index (κ2) is 7.81. The highest BCUT2D eigenvalue weighted by atomic mass is 16.2. The zero-order valence-corrected chi connectivity index (χ0v) is 14.5. The molecule has 1 saturated heterocycles. The van der Waals surface area contributed by atoms with E-state index < -0.39 is 11.9 Å². The molecule has 1 fully saturated rings. The van der Waals surface area contributed by atoms with Gasteiger partial charge in [0.25, 0.3) is 5.91 Å². The van der Waals surface area contributed by atoms with E-state index in [1.807, 2.05) is 48.0 Å². The van der Waals surface area contributed by atoms with Gasteiger partial charge in [-0.25, -0.2) is 9.78 Å². The molecule has 2 aromatic rings. The molecule has 1 aliphatic rings. The number of urea groups is 1. The molecule has 0 unspecified atom stereocenters. The molecule has 2 heterocycles. The van der Waals surface area contributed by atoms with Crippen LogP contribution in [0.4, 0.5) is 4.79 Å². The van der Waals surface area contributed by atoms with Crippen LogP contribution in [0.3, 0.4) is 0 Å². The second-order valence-electron chi connectivity index (χ2n) is 6.13. The molecule has 1 aliphatic heterocycles. The van der Waals surface area contributed by atoms with Crippen LogP contribution in [0.2, 0.25) is 0 Å². The third-order valence-electron chi connectivity index (χ3n) is 4.36. The Kier molecular flexibility index (Phi) is 5.31. The maximum absolute atomic E-state index is 12.4. The summed E-state index contributed by atoms with van der Waals surface area (Å²) in [6, 6.07) is 8.86. The predicted octanol–water partition coefficient (Wildman–Crippen LogP) is 0.991. The van der Waals surface area contributed by atoms with Crippen molar-refractivity contribution in [1.29, 1.82) is 0 Å². The standard InChI is InChI=1S/C18H21N5O3/c1-13-19-8-10-22(13)9-7-15(14-5-3-2-4-6-14)21-16(24)12-23-17(25)11-20-18(23)26/h2-6,8,10,15H,7,9,11-12H2,1H3,(H,20,26)(H,21,24)/t15-/m0/s1. The van der Waals surface area contributed by atoms with E-state index in [1.54, 1.807) is 6.20 Å². The van der Waals surface area contributed by atoms with E-state index >= 15 is 0 Å². The summed E-state index contributed by atoms with van der Waals surface area (Å²) in [5.41, 5.74) is 0.968. The minimum Gasteiger partial charge on any atom is -0.348 e. The average Bonchev–Trinajstić information content (AvgIpc) is 3.19. The molecule has 26 heavy (non-hydrogen) atoms. The van der Waals surface area contributed by atoms with E-state index in [0.717, 1.165) is 16.3 Å². The van der Waals surface area contributed by atoms with Crippen LogP contribution in [0.25, 0.3) is 0 Å². The topological polar surface area (TPSA) is 96.3 Å². The summed E-state index contributed by atoms with van der Waals surface area (Å²) in [6.45, 7) is 2.27. The van der Waals surface area contributed by atoms with Gasteiger partial charge in [-0.05, 0) is 18.9 Å². The van der Waals surface area contributed by atoms with Crippen molar-refractivity contribution in [3.63, 3.8) is 0 Å². The van der Waals surface area contributed by atoms with Gasteiger partial charge in [0.1, 0.15) is 12.4 Å². The molecular weight excluding hydrogens is 334 g/mol. The van der Waals surface area contributed by atoms with Crippen molar-refractivity contribution in [1.82, 2.24) is 25.1 Å². The molecule has 0 bridgehead atoms. The summed E-state index contributed by atoms with van der Waals surface area (Å²) in [6.07, 6.45) is 4.29. The van der Waals surface area contributed by atoms with E-state index in [-0.39, 0.29) is 25.0 Å². The SMILES string of the molecule is Cc1nccn1CC[C@H](NC(=O)CN1C(=O)CNC1=O)c1ccccc1. The number of imidazole rings is 1. The number of rotatable bonds is 7. The van der Waals surface area contributed by atoms with Crippen molar-refractivity contribution in [2.75, 3.05) is 13.1 Å². The highest BCUT2D eigenvalue weighted by Crippen LogP contribution is 2.18. The van der Waals surface area contributed by atoms with Gasteiger partial charge in [0.05, 0.1) is 12.6 Å². The van der Waals surface area contributed by atoms with Gasteiger partial charge in [-0.1, -0.05) is 30.3 Å². The van der Waals surface area contributed by atoms with Crippen molar-refractivity contribution < 1.29 is 14.4 Å². The Labute approximate surface area is 151 Å². The van der Waals surface area contributed by atoms with Crippen LogP contribution in [0.15, 0.2) is 42.7 Å². The number of benzene rings is 1. The molecule has 0 radical (unpaired) electrons. The molecule has 8 nitrogen and oxygen atoms in total. The molecule has 2 N–H and O–H groups in total. The van der Waals surface area contributed by atoms with Crippen molar-refractivity contribution in [3.8, 4) is 0 Å². The van der Waals surface area contributed by atoms with E-state index in [9.17, 15) is 14.4 Å². The van der Waals surface area contributed by atoms with Gasteiger partial charge in [0.15, 0.2) is 0 Å². The molecule has 1 aromatic heterocycles. The summed E-state index contributed by atoms with van der Waals surface area (Å²) < 4.78 is 2.01. The van der Waals surface area contributed by atoms with Gasteiger partial charge < -0.3 is 15.2 Å². The summed E-state index contributed by atoms with van der Waals surface area (Å²) in [7, 11) is 0. The van der Waals surface area contributed by atoms with Crippen LogP contribution in [0.5, 0.6) is 0 Å². The van der Waals surface area contributed by atoms with Gasteiger partial charge in [0.2, 0.25) is 5.91 Å². The quantitative estimate of drug-likeness (QED) is 0.724. The third kappa shape index (κ3) is 4.08. The molecule has 1 atom stereocenters. The summed E-state index contributed by atoms with van der Waals surface area (Å²) in [5, 5.41) is 5.34. The predicted molar refractivity (Wildman–Crippen MR) is 94.0 cm³/mol. The number of nitrogens with one attached hydrogen (secondary N) is 2. The maximum atomic E-state index is 12.4. The Morgan fingerprint density at radius 1 is 1.31 bits per heavy atom. The lowest BCUT2D eigenvalue weighted by atomic mass is 10.0. The molecular formula is C18H21N5O3. The lowest BCUT2D eigenvalue weighted by Crippen LogP contribution is -2.42. The Morgan fingerprint density at radius 3 is 2.69 bits per heavy atom. The van der Waals surface area contributed by atoms with E-state index in [1.165, 1.54) is 0 Å². The number of aryl methyl sites for hydroxylation is 2. The number of carbonyl (C=O) groups is 3. The third-order valence-corrected chi connectivity index (χ3v) is 4.36. The lowest BCUT2D eigenvalue weighted by molar-refractivity contribution is -0.131. The molecule has 1 aromatic carbocycles. The lowest BCUT2D eigenvalue weighted by Gasteiger charge is -2.21. The van der Waals surface area contributed by atoms with Gasteiger partial charge >= 0.3 is 6.03 Å². The van der Waals surface area contributed by atoms with Crippen molar-refractivity contribution in [2.45, 2.75) is 25.9 Å². The van der Waals surface area contributed by atoms with Crippen LogP contribution in [0.1, 0.15) is 23.9 Å². The molecule has 0 saturated carbocycles. The van der Waals surface area contributed by atoms with E-state index in [2.05, 4.69) is 15.6 Å². The number of nitrogens with zero attached hydrogens (tertiary/aromatic N) is 3. The smallest absolute Gasteiger partial charge is 0.325 e. The number of carbonyl (C=O) groups excluding carboxylic acids is 3. The Balaban J connectivity index is 1.67. The average molecular weight is 355 g/mol. The fourth-order valence-electron chi connectivity index (χ4n) is 2.91. The minimum atomic E-state index is -0.532. The summed E-state index contributed by atoms with van der Waals surface area (Å²) in [4.78, 5) is 40.8. The number of hydrogen-bond donors (Lipinski definition) is 2. The largest absolute Gasteiger partial charge is 0.348 e. The first kappa shape index (κ1) is 17.7. The van der Waals surface area contributed by atoms with E-state index in [0.29, 0.717) is 13.0 Å². The molecule has 4 amide bonds. The monoisotopic (exact) mass is 355 g/mol. The molecule has 8 heteroatoms. The van der Waals surface area contributed by atoms with Gasteiger partial charge in [-0.3, -0.25) is 14.5 Å². The highest BCUT2D eigenvalue weighted by Gasteiger charge is 2.30. The van der Waals surface area contributed by atoms with Crippen LogP contribution in [-0.4, -0.2) is 45.4 Å². The number of imide groups is 1. The molecule has 3 rings (SSSR count). The highest BCUT2D eigenvalue weighted by molar-refractivity contribution is 6.04. The van der Waals surface area contributed by atoms with E-state index in [4.69, 9.17) is 0 Å². The summed E-state index contributed by atoms with van der Waals surface area (Å²) >= 11 is 0. The van der Waals surface area contributed by atoms with Crippen molar-refractivity contribution in [2.24, 2.45) is 0 Å². The zero-order chi connectivity index (χ0) is 18.5. The second-order valence-corrected chi connectivity index (χ2v) is 6.13. The number of aromatic nitrogens is 2. The summed E-state index contributed by atoms with van der Waals surface area (Å²) in [5.74, 6) is 0.143.